The molecular formula is C21H21F3N6O3Se. The Morgan fingerprint density at radius 1 is 1.15 bits per heavy atom. The number of halogens is 3. The largest absolute Gasteiger partial charge is 0.490 e. The van der Waals surface area contributed by atoms with Crippen LogP contribution < -0.4 is 16.2 Å². The van der Waals surface area contributed by atoms with Gasteiger partial charge in [0.1, 0.15) is 0 Å². The number of aromatic amines is 2. The summed E-state index contributed by atoms with van der Waals surface area (Å²) in [6.07, 6.45) is -5.08. The molecule has 1 aromatic carbocycles. The summed E-state index contributed by atoms with van der Waals surface area (Å²) in [5.74, 6) is -2.22. The summed E-state index contributed by atoms with van der Waals surface area (Å²) >= 11 is 0.152. The molecule has 4 heterocycles. The number of aromatic nitrogens is 3. The maximum Gasteiger partial charge on any atom is 0.490 e. The van der Waals surface area contributed by atoms with Crippen molar-refractivity contribution in [2.24, 2.45) is 0 Å². The van der Waals surface area contributed by atoms with Crippen LogP contribution in [0.15, 0.2) is 34.0 Å². The molecule has 0 aliphatic carbocycles. The fourth-order valence-electron chi connectivity index (χ4n) is 3.65. The van der Waals surface area contributed by atoms with Crippen molar-refractivity contribution < 1.29 is 23.1 Å². The van der Waals surface area contributed by atoms with Crippen molar-refractivity contribution in [2.45, 2.75) is 6.18 Å². The molecule has 0 amide bonds. The molecule has 3 aromatic heterocycles. The summed E-state index contributed by atoms with van der Waals surface area (Å²) in [6.45, 7) is 4.14. The number of pyridine rings is 1. The molecule has 9 nitrogen and oxygen atoms in total. The van der Waals surface area contributed by atoms with Crippen molar-refractivity contribution >= 4 is 52.7 Å². The molecule has 5 rings (SSSR count). The summed E-state index contributed by atoms with van der Waals surface area (Å²) in [5.41, 5.74) is 10.9. The number of imidazole rings is 1. The maximum atomic E-state index is 12.6. The van der Waals surface area contributed by atoms with Gasteiger partial charge in [0.15, 0.2) is 0 Å². The number of anilines is 2. The summed E-state index contributed by atoms with van der Waals surface area (Å²) in [6, 6.07) is 8.14. The number of hydrogen-bond donors (Lipinski definition) is 4. The van der Waals surface area contributed by atoms with Crippen LogP contribution >= 0.6 is 0 Å². The summed E-state index contributed by atoms with van der Waals surface area (Å²) in [5, 5.41) is 7.12. The van der Waals surface area contributed by atoms with E-state index in [2.05, 4.69) is 48.9 Å². The van der Waals surface area contributed by atoms with Gasteiger partial charge in [-0.05, 0) is 7.05 Å². The molecular weight excluding hydrogens is 520 g/mol. The van der Waals surface area contributed by atoms with Crippen LogP contribution in [0.2, 0.25) is 0 Å². The van der Waals surface area contributed by atoms with E-state index in [1.165, 1.54) is 5.69 Å². The van der Waals surface area contributed by atoms with E-state index in [4.69, 9.17) is 15.6 Å². The summed E-state index contributed by atoms with van der Waals surface area (Å²) in [4.78, 5) is 39.1. The Labute approximate surface area is 196 Å². The molecule has 13 heteroatoms. The molecule has 180 valence electrons. The third kappa shape index (κ3) is 4.81. The third-order valence-corrected chi connectivity index (χ3v) is 7.46. The number of piperazine rings is 1. The minimum atomic E-state index is -5.08. The standard InChI is InChI=1S/C19H20N6OSe.C2HF3O2/c1-24-5-7-25(8-6-24)11-2-3-12-14(10-11)22-18(21-12)15-16(20)17-13(4-9-27-17)23-19(15)26;3-2(4,5)1(6)7/h2-4,9-10H,5-8H2,1H3,(H,21,22)(H3,20,23,26);(H,6,7). The van der Waals surface area contributed by atoms with E-state index in [0.717, 1.165) is 47.0 Å². The van der Waals surface area contributed by atoms with Gasteiger partial charge >= 0.3 is 166 Å². The molecule has 4 aromatic rings. The molecule has 34 heavy (non-hydrogen) atoms. The molecule has 5 N–H and O–H groups in total. The first kappa shape index (κ1) is 23.9. The van der Waals surface area contributed by atoms with E-state index in [9.17, 15) is 18.0 Å². The smallest absolute Gasteiger partial charge is 0.475 e. The second-order valence-corrected chi connectivity index (χ2v) is 9.71. The molecule has 0 atom stereocenters. The quantitative estimate of drug-likeness (QED) is 0.286. The molecule has 1 aliphatic rings. The first-order chi connectivity index (χ1) is 16.0. The predicted octanol–water partition coefficient (Wildman–Crippen LogP) is 2.10. The van der Waals surface area contributed by atoms with Crippen molar-refractivity contribution in [1.82, 2.24) is 19.9 Å². The van der Waals surface area contributed by atoms with E-state index < -0.39 is 12.1 Å². The summed E-state index contributed by atoms with van der Waals surface area (Å²) < 4.78 is 32.8. The Balaban J connectivity index is 0.000000344. The number of H-pyrrole nitrogens is 2. The van der Waals surface area contributed by atoms with Crippen LogP contribution in [0.25, 0.3) is 32.2 Å². The number of carboxylic acids is 1. The SMILES string of the molecule is CN1CCN(c2ccc3nc(-c4c(N)c5[se]ccc5[nH]c4=O)[nH]c3c2)CC1.O=C(O)C(F)(F)F. The second kappa shape index (κ2) is 9.16. The number of carboxylic acid groups (broad SMARTS) is 1. The van der Waals surface area contributed by atoms with Gasteiger partial charge in [0, 0.05) is 0 Å². The number of rotatable bonds is 2. The molecule has 0 radical (unpaired) electrons. The fraction of sp³-hybridized carbons (Fsp3) is 0.286. The zero-order valence-electron chi connectivity index (χ0n) is 17.9. The minimum absolute atomic E-state index is 0.152. The number of carbonyl (C=O) groups is 1. The van der Waals surface area contributed by atoms with E-state index in [1.54, 1.807) is 0 Å². The van der Waals surface area contributed by atoms with Crippen LogP contribution in [-0.2, 0) is 4.79 Å². The molecule has 1 saturated heterocycles. The molecule has 1 fully saturated rings. The van der Waals surface area contributed by atoms with E-state index >= 15 is 0 Å². The van der Waals surface area contributed by atoms with Gasteiger partial charge in [-0.3, -0.25) is 0 Å². The number of fused-ring (bicyclic) bond motifs is 2. The van der Waals surface area contributed by atoms with Crippen molar-refractivity contribution in [3.05, 3.63) is 39.6 Å². The molecule has 0 unspecified atom stereocenters. The molecule has 0 saturated carbocycles. The van der Waals surface area contributed by atoms with Gasteiger partial charge in [0.2, 0.25) is 0 Å². The molecule has 1 aliphatic heterocycles. The number of benzene rings is 1. The van der Waals surface area contributed by atoms with Crippen molar-refractivity contribution in [3.63, 3.8) is 0 Å². The van der Waals surface area contributed by atoms with Crippen LogP contribution in [-0.4, -0.2) is 84.8 Å². The van der Waals surface area contributed by atoms with E-state index in [1.807, 2.05) is 12.1 Å². The Morgan fingerprint density at radius 2 is 1.82 bits per heavy atom. The van der Waals surface area contributed by atoms with Crippen molar-refractivity contribution in [1.29, 1.82) is 0 Å². The first-order valence-electron chi connectivity index (χ1n) is 10.2. The zero-order chi connectivity index (χ0) is 24.6. The Kier molecular flexibility index (Phi) is 6.43. The first-order valence-corrected chi connectivity index (χ1v) is 12.0. The number of likely N-dealkylation sites (N-methyl/N-ethyl adjacent to an activating group) is 1. The zero-order valence-corrected chi connectivity index (χ0v) is 19.7. The number of nitrogens with zero attached hydrogens (tertiary/aromatic N) is 3. The van der Waals surface area contributed by atoms with E-state index in [0.29, 0.717) is 17.1 Å². The average molecular weight is 541 g/mol. The third-order valence-electron chi connectivity index (χ3n) is 5.47. The number of alkyl halides is 3. The van der Waals surface area contributed by atoms with Gasteiger partial charge in [-0.2, -0.15) is 13.2 Å². The van der Waals surface area contributed by atoms with E-state index in [-0.39, 0.29) is 20.1 Å². The second-order valence-electron chi connectivity index (χ2n) is 7.79. The fourth-order valence-corrected chi connectivity index (χ4v) is 5.36. The van der Waals surface area contributed by atoms with Gasteiger partial charge < -0.3 is 5.11 Å². The Bertz CT molecular complexity index is 1400. The van der Waals surface area contributed by atoms with Crippen LogP contribution in [0.1, 0.15) is 0 Å². The molecule has 0 bridgehead atoms. The topological polar surface area (TPSA) is 131 Å². The summed E-state index contributed by atoms with van der Waals surface area (Å²) in [7, 11) is 2.15. The number of nitrogens with two attached hydrogens (primary N) is 1. The minimum Gasteiger partial charge on any atom is -0.475 e. The Hall–Kier alpha value is -3.28. The van der Waals surface area contributed by atoms with Crippen molar-refractivity contribution in [2.75, 3.05) is 43.9 Å². The predicted molar refractivity (Wildman–Crippen MR) is 124 cm³/mol. The van der Waals surface area contributed by atoms with Crippen molar-refractivity contribution in [3.8, 4) is 11.4 Å². The maximum absolute atomic E-state index is 12.6. The van der Waals surface area contributed by atoms with Gasteiger partial charge in [-0.15, -0.1) is 0 Å². The van der Waals surface area contributed by atoms with Gasteiger partial charge in [0.05, 0.1) is 0 Å². The number of hydrogen-bond acceptors (Lipinski definition) is 6. The van der Waals surface area contributed by atoms with Crippen LogP contribution in [0, 0.1) is 0 Å². The van der Waals surface area contributed by atoms with Crippen LogP contribution in [0.3, 0.4) is 0 Å². The average Bonchev–Trinajstić information content (AvgIpc) is 3.40. The van der Waals surface area contributed by atoms with Crippen LogP contribution in [0.4, 0.5) is 24.5 Å². The number of nitrogens with one attached hydrogen (secondary N) is 2. The normalized spacial score (nSPS) is 14.9. The molecule has 0 spiro atoms. The number of nitrogen functional groups attached to an aromatic ring is 1. The van der Waals surface area contributed by atoms with Crippen LogP contribution in [0.5, 0.6) is 0 Å². The monoisotopic (exact) mass is 542 g/mol. The number of aliphatic carboxylic acids is 1. The Morgan fingerprint density at radius 3 is 2.47 bits per heavy atom. The van der Waals surface area contributed by atoms with Gasteiger partial charge in [0.25, 0.3) is 0 Å². The van der Waals surface area contributed by atoms with Gasteiger partial charge in [-0.1, -0.05) is 0 Å². The van der Waals surface area contributed by atoms with Gasteiger partial charge in [-0.25, -0.2) is 4.79 Å².